The van der Waals surface area contributed by atoms with Crippen molar-refractivity contribution in [3.05, 3.63) is 65.7 Å². The highest BCUT2D eigenvalue weighted by atomic mass is 32.2. The predicted octanol–water partition coefficient (Wildman–Crippen LogP) is 3.84. The van der Waals surface area contributed by atoms with Crippen LogP contribution in [0.2, 0.25) is 0 Å². The van der Waals surface area contributed by atoms with Gasteiger partial charge in [-0.05, 0) is 44.4 Å². The molecule has 1 N–H and O–H groups in total. The van der Waals surface area contributed by atoms with Crippen LogP contribution in [0.4, 0.5) is 14.5 Å². The number of anilines is 1. The second-order valence-electron chi connectivity index (χ2n) is 8.63. The Kier molecular flexibility index (Phi) is 10.2. The van der Waals surface area contributed by atoms with Gasteiger partial charge >= 0.3 is 0 Å². The second kappa shape index (κ2) is 12.6. The van der Waals surface area contributed by atoms with Gasteiger partial charge in [-0.1, -0.05) is 37.3 Å². The Labute approximate surface area is 206 Å². The molecule has 2 aromatic rings. The molecule has 0 aromatic heterocycles. The number of carbonyl (C=O) groups is 2. The molecule has 2 amide bonds. The second-order valence-corrected chi connectivity index (χ2v) is 10.5. The molecular formula is C25H33F2N3O4S. The molecule has 2 rings (SSSR count). The van der Waals surface area contributed by atoms with Crippen molar-refractivity contribution < 1.29 is 26.8 Å². The van der Waals surface area contributed by atoms with Crippen LogP contribution in [0.5, 0.6) is 0 Å². The summed E-state index contributed by atoms with van der Waals surface area (Å²) in [7, 11) is -3.81. The van der Waals surface area contributed by atoms with E-state index in [-0.39, 0.29) is 49.5 Å². The summed E-state index contributed by atoms with van der Waals surface area (Å²) in [5, 5.41) is 2.85. The minimum atomic E-state index is -3.81. The largest absolute Gasteiger partial charge is 0.352 e. The normalized spacial score (nSPS) is 12.3. The summed E-state index contributed by atoms with van der Waals surface area (Å²) in [5.74, 6) is -2.81. The number of carbonyl (C=O) groups excluding carboxylic acids is 2. The van der Waals surface area contributed by atoms with Crippen LogP contribution in [-0.2, 0) is 26.2 Å². The fraction of sp³-hybridized carbons (Fsp3) is 0.440. The number of benzene rings is 2. The van der Waals surface area contributed by atoms with Crippen LogP contribution in [0.3, 0.4) is 0 Å². The van der Waals surface area contributed by atoms with Crippen molar-refractivity contribution in [1.29, 1.82) is 0 Å². The zero-order valence-corrected chi connectivity index (χ0v) is 21.3. The first-order chi connectivity index (χ1) is 16.4. The van der Waals surface area contributed by atoms with E-state index in [0.29, 0.717) is 6.42 Å². The standard InChI is InChI=1S/C25H33F2N3O4S/c1-5-23(25(32)28-18(2)3)29(17-19-10-7-6-8-11-19)24(31)12-9-15-30(35(4,33)34)20-13-14-21(26)22(27)16-20/h6-8,10-11,13-14,16,18,23H,5,9,12,15,17H2,1-4H3,(H,28,32)/t23-/m1/s1. The number of hydrogen-bond donors (Lipinski definition) is 1. The fourth-order valence-corrected chi connectivity index (χ4v) is 4.68. The van der Waals surface area contributed by atoms with Crippen LogP contribution < -0.4 is 9.62 Å². The molecule has 192 valence electrons. The zero-order chi connectivity index (χ0) is 26.2. The Morgan fingerprint density at radius 3 is 2.23 bits per heavy atom. The summed E-state index contributed by atoms with van der Waals surface area (Å²) in [4.78, 5) is 27.6. The van der Waals surface area contributed by atoms with Gasteiger partial charge in [0.05, 0.1) is 11.9 Å². The van der Waals surface area contributed by atoms with Gasteiger partial charge in [0.2, 0.25) is 21.8 Å². The summed E-state index contributed by atoms with van der Waals surface area (Å²) in [6.07, 6.45) is 1.45. The first-order valence-corrected chi connectivity index (χ1v) is 13.3. The molecule has 0 fully saturated rings. The van der Waals surface area contributed by atoms with Gasteiger partial charge in [0, 0.05) is 31.6 Å². The van der Waals surface area contributed by atoms with E-state index in [2.05, 4.69) is 5.32 Å². The number of nitrogens with one attached hydrogen (secondary N) is 1. The van der Waals surface area contributed by atoms with Gasteiger partial charge in [0.25, 0.3) is 0 Å². The highest BCUT2D eigenvalue weighted by molar-refractivity contribution is 7.92. The van der Waals surface area contributed by atoms with E-state index in [1.54, 1.807) is 0 Å². The van der Waals surface area contributed by atoms with Crippen LogP contribution in [0.25, 0.3) is 0 Å². The SMILES string of the molecule is CC[C@H](C(=O)NC(C)C)N(Cc1ccccc1)C(=O)CCCN(c1ccc(F)c(F)c1)S(C)(=O)=O. The van der Waals surface area contributed by atoms with Gasteiger partial charge in [-0.3, -0.25) is 13.9 Å². The molecular weight excluding hydrogens is 476 g/mol. The molecule has 0 aliphatic heterocycles. The van der Waals surface area contributed by atoms with Crippen LogP contribution in [0.15, 0.2) is 48.5 Å². The molecule has 0 saturated carbocycles. The summed E-state index contributed by atoms with van der Waals surface area (Å²) in [6, 6.07) is 11.3. The average molecular weight is 510 g/mol. The van der Waals surface area contributed by atoms with Crippen LogP contribution in [-0.4, -0.2) is 50.0 Å². The van der Waals surface area contributed by atoms with E-state index >= 15 is 0 Å². The van der Waals surface area contributed by atoms with Crippen molar-refractivity contribution >= 4 is 27.5 Å². The van der Waals surface area contributed by atoms with Crippen molar-refractivity contribution in [1.82, 2.24) is 10.2 Å². The van der Waals surface area contributed by atoms with E-state index in [0.717, 1.165) is 28.3 Å². The van der Waals surface area contributed by atoms with E-state index < -0.39 is 27.7 Å². The lowest BCUT2D eigenvalue weighted by atomic mass is 10.1. The van der Waals surface area contributed by atoms with E-state index in [4.69, 9.17) is 0 Å². The highest BCUT2D eigenvalue weighted by Crippen LogP contribution is 2.22. The first-order valence-electron chi connectivity index (χ1n) is 11.5. The Balaban J connectivity index is 2.20. The Morgan fingerprint density at radius 2 is 1.69 bits per heavy atom. The Hall–Kier alpha value is -3.01. The highest BCUT2D eigenvalue weighted by Gasteiger charge is 2.29. The van der Waals surface area contributed by atoms with E-state index in [1.165, 1.54) is 11.0 Å². The molecule has 0 aliphatic rings. The van der Waals surface area contributed by atoms with Crippen molar-refractivity contribution in [3.8, 4) is 0 Å². The molecule has 0 saturated heterocycles. The maximum Gasteiger partial charge on any atom is 0.243 e. The quantitative estimate of drug-likeness (QED) is 0.471. The number of halogens is 2. The van der Waals surface area contributed by atoms with Gasteiger partial charge in [0.15, 0.2) is 11.6 Å². The van der Waals surface area contributed by atoms with Crippen molar-refractivity contribution in [3.63, 3.8) is 0 Å². The van der Waals surface area contributed by atoms with Crippen molar-refractivity contribution in [2.75, 3.05) is 17.1 Å². The lowest BCUT2D eigenvalue weighted by molar-refractivity contribution is -0.141. The van der Waals surface area contributed by atoms with Gasteiger partial charge in [-0.15, -0.1) is 0 Å². The van der Waals surface area contributed by atoms with Crippen LogP contribution in [0, 0.1) is 11.6 Å². The summed E-state index contributed by atoms with van der Waals surface area (Å²) in [5.41, 5.74) is 0.832. The van der Waals surface area contributed by atoms with E-state index in [1.807, 2.05) is 51.1 Å². The molecule has 0 heterocycles. The number of amides is 2. The third kappa shape index (κ3) is 8.31. The lowest BCUT2D eigenvalue weighted by Crippen LogP contribution is -2.50. The monoisotopic (exact) mass is 509 g/mol. The van der Waals surface area contributed by atoms with Gasteiger partial charge in [-0.25, -0.2) is 17.2 Å². The molecule has 0 spiro atoms. The Morgan fingerprint density at radius 1 is 1.03 bits per heavy atom. The molecule has 0 bridgehead atoms. The smallest absolute Gasteiger partial charge is 0.243 e. The number of hydrogen-bond acceptors (Lipinski definition) is 4. The number of nitrogens with zero attached hydrogens (tertiary/aromatic N) is 2. The average Bonchev–Trinajstić information content (AvgIpc) is 2.78. The Bertz CT molecular complexity index is 1110. The molecule has 35 heavy (non-hydrogen) atoms. The van der Waals surface area contributed by atoms with Crippen molar-refractivity contribution in [2.24, 2.45) is 0 Å². The number of sulfonamides is 1. The molecule has 0 radical (unpaired) electrons. The summed E-state index contributed by atoms with van der Waals surface area (Å²) < 4.78 is 52.5. The van der Waals surface area contributed by atoms with Crippen LogP contribution in [0.1, 0.15) is 45.6 Å². The van der Waals surface area contributed by atoms with Crippen molar-refractivity contribution in [2.45, 2.75) is 58.7 Å². The number of rotatable bonds is 12. The molecule has 10 heteroatoms. The van der Waals surface area contributed by atoms with Gasteiger partial charge < -0.3 is 10.2 Å². The zero-order valence-electron chi connectivity index (χ0n) is 20.5. The van der Waals surface area contributed by atoms with E-state index in [9.17, 15) is 26.8 Å². The van der Waals surface area contributed by atoms with Crippen LogP contribution >= 0.6 is 0 Å². The summed E-state index contributed by atoms with van der Waals surface area (Å²) >= 11 is 0. The molecule has 0 unspecified atom stereocenters. The first kappa shape index (κ1) is 28.2. The molecule has 0 aliphatic carbocycles. The molecule has 2 aromatic carbocycles. The summed E-state index contributed by atoms with van der Waals surface area (Å²) in [6.45, 7) is 5.62. The fourth-order valence-electron chi connectivity index (χ4n) is 3.72. The van der Waals surface area contributed by atoms with Gasteiger partial charge in [0.1, 0.15) is 6.04 Å². The molecule has 7 nitrogen and oxygen atoms in total. The minimum Gasteiger partial charge on any atom is -0.352 e. The van der Waals surface area contributed by atoms with Gasteiger partial charge in [-0.2, -0.15) is 0 Å². The maximum atomic E-state index is 13.7. The minimum absolute atomic E-state index is 0.0252. The third-order valence-electron chi connectivity index (χ3n) is 5.36. The lowest BCUT2D eigenvalue weighted by Gasteiger charge is -2.31. The topological polar surface area (TPSA) is 86.8 Å². The molecule has 1 atom stereocenters. The predicted molar refractivity (Wildman–Crippen MR) is 132 cm³/mol. The third-order valence-corrected chi connectivity index (χ3v) is 6.55. The maximum absolute atomic E-state index is 13.7.